The van der Waals surface area contributed by atoms with Gasteiger partial charge < -0.3 is 25.0 Å². The van der Waals surface area contributed by atoms with Crippen LogP contribution < -0.4 is 19.9 Å². The fourth-order valence-corrected chi connectivity index (χ4v) is 6.88. The van der Waals surface area contributed by atoms with Crippen molar-refractivity contribution in [1.82, 2.24) is 15.0 Å². The number of piperidine rings is 1. The Kier molecular flexibility index (Phi) is 6.79. The maximum atomic E-state index is 12.3. The molecule has 9 nitrogen and oxygen atoms in total. The van der Waals surface area contributed by atoms with E-state index in [2.05, 4.69) is 36.5 Å². The summed E-state index contributed by atoms with van der Waals surface area (Å²) >= 11 is 1.63. The van der Waals surface area contributed by atoms with Crippen molar-refractivity contribution < 1.29 is 14.6 Å². The Hall–Kier alpha value is -3.66. The summed E-state index contributed by atoms with van der Waals surface area (Å²) in [4.78, 5) is 30.3. The lowest BCUT2D eigenvalue weighted by Gasteiger charge is -2.31. The van der Waals surface area contributed by atoms with Gasteiger partial charge in [0.2, 0.25) is 0 Å². The summed E-state index contributed by atoms with van der Waals surface area (Å²) in [7, 11) is 0. The highest BCUT2D eigenvalue weighted by Crippen LogP contribution is 2.46. The van der Waals surface area contributed by atoms with Crippen molar-refractivity contribution in [2.24, 2.45) is 11.8 Å². The molecule has 0 spiro atoms. The van der Waals surface area contributed by atoms with E-state index in [-0.39, 0.29) is 6.10 Å². The van der Waals surface area contributed by atoms with Crippen molar-refractivity contribution in [1.29, 1.82) is 0 Å². The van der Waals surface area contributed by atoms with Crippen LogP contribution in [0, 0.1) is 11.8 Å². The third-order valence-corrected chi connectivity index (χ3v) is 9.50. The molecule has 2 N–H and O–H groups in total. The number of nitrogens with one attached hydrogen (secondary N) is 1. The van der Waals surface area contributed by atoms with Crippen LogP contribution in [0.5, 0.6) is 6.01 Å². The Morgan fingerprint density at radius 3 is 2.42 bits per heavy atom. The summed E-state index contributed by atoms with van der Waals surface area (Å²) in [5, 5.41) is 16.7. The van der Waals surface area contributed by atoms with E-state index in [1.165, 1.54) is 24.8 Å². The minimum Gasteiger partial charge on any atom is -0.478 e. The van der Waals surface area contributed by atoms with Crippen molar-refractivity contribution in [3.8, 4) is 6.01 Å². The van der Waals surface area contributed by atoms with Gasteiger partial charge in [-0.2, -0.15) is 0 Å². The molecule has 0 amide bonds. The Morgan fingerprint density at radius 2 is 1.73 bits per heavy atom. The van der Waals surface area contributed by atoms with Gasteiger partial charge in [0, 0.05) is 62.5 Å². The fourth-order valence-electron chi connectivity index (χ4n) is 6.01. The van der Waals surface area contributed by atoms with Crippen LogP contribution in [-0.4, -0.2) is 58.3 Å². The van der Waals surface area contributed by atoms with Gasteiger partial charge in [-0.25, -0.2) is 19.7 Å². The average molecular weight is 559 g/mol. The lowest BCUT2D eigenvalue weighted by atomic mass is 10.1. The second-order valence-electron chi connectivity index (χ2n) is 11.3. The van der Waals surface area contributed by atoms with Gasteiger partial charge in [-0.05, 0) is 73.8 Å². The summed E-state index contributed by atoms with van der Waals surface area (Å²) in [5.74, 6) is 0.848. The number of allylic oxidation sites excluding steroid dienone is 1. The Bertz CT molecular complexity index is 1400. The van der Waals surface area contributed by atoms with Crippen LogP contribution in [0.1, 0.15) is 61.0 Å². The standard InChI is InChI=1S/C30H34N6O3S/c37-28(38)24-17-22(35-12-6-20-16-21(20)7-13-35)4-5-25(24)33-27(19-2-3-19)26-18-40-30(34-26)36-14-8-23(9-15-36)39-29-31-10-1-11-32-29/h1,4-5,10-11,17-18,20-21,23,33H,2-3,6-9,12-16H2,(H,37,38)/t20-,21?/m0/s1. The molecule has 2 aliphatic carbocycles. The quantitative estimate of drug-likeness (QED) is 0.369. The van der Waals surface area contributed by atoms with Crippen molar-refractivity contribution in [3.63, 3.8) is 0 Å². The van der Waals surface area contributed by atoms with Crippen molar-refractivity contribution >= 4 is 39.5 Å². The van der Waals surface area contributed by atoms with Gasteiger partial charge in [0.1, 0.15) is 6.10 Å². The fraction of sp³-hybridized carbons (Fsp3) is 0.467. The number of aromatic carboxylic acids is 1. The molecule has 2 aliphatic heterocycles. The zero-order valence-electron chi connectivity index (χ0n) is 22.5. The van der Waals surface area contributed by atoms with Gasteiger partial charge in [-0.15, -0.1) is 11.3 Å². The van der Waals surface area contributed by atoms with Crippen LogP contribution >= 0.6 is 11.3 Å². The van der Waals surface area contributed by atoms with E-state index < -0.39 is 5.97 Å². The van der Waals surface area contributed by atoms with Crippen LogP contribution in [0.25, 0.3) is 5.70 Å². The Balaban J connectivity index is 1.04. The van der Waals surface area contributed by atoms with Crippen LogP contribution in [0.3, 0.4) is 0 Å². The normalized spacial score (nSPS) is 22.4. The Labute approximate surface area is 237 Å². The summed E-state index contributed by atoms with van der Waals surface area (Å²) in [5.41, 5.74) is 5.07. The number of fused-ring (bicyclic) bond motifs is 1. The molecule has 7 rings (SSSR count). The monoisotopic (exact) mass is 558 g/mol. The van der Waals surface area contributed by atoms with Crippen LogP contribution in [-0.2, 0) is 0 Å². The number of nitrogens with zero attached hydrogens (tertiary/aromatic N) is 5. The van der Waals surface area contributed by atoms with Crippen molar-refractivity contribution in [2.75, 3.05) is 41.3 Å². The molecule has 40 heavy (non-hydrogen) atoms. The van der Waals surface area contributed by atoms with Crippen molar-refractivity contribution in [2.45, 2.75) is 51.0 Å². The molecule has 4 fully saturated rings. The zero-order chi connectivity index (χ0) is 27.1. The lowest BCUT2D eigenvalue weighted by molar-refractivity contribution is 0.0698. The van der Waals surface area contributed by atoms with E-state index in [0.29, 0.717) is 17.3 Å². The molecule has 2 saturated carbocycles. The second-order valence-corrected chi connectivity index (χ2v) is 12.1. The molecule has 1 unspecified atom stereocenters. The molecule has 2 atom stereocenters. The van der Waals surface area contributed by atoms with Crippen LogP contribution in [0.15, 0.2) is 47.6 Å². The number of hydrogen-bond acceptors (Lipinski definition) is 9. The zero-order valence-corrected chi connectivity index (χ0v) is 23.3. The molecule has 208 valence electrons. The van der Waals surface area contributed by atoms with Crippen LogP contribution in [0.2, 0.25) is 0 Å². The molecule has 2 saturated heterocycles. The largest absolute Gasteiger partial charge is 0.478 e. The summed E-state index contributed by atoms with van der Waals surface area (Å²) in [6.45, 7) is 3.72. The Morgan fingerprint density at radius 1 is 1.00 bits per heavy atom. The van der Waals surface area contributed by atoms with Gasteiger partial charge in [0.05, 0.1) is 22.6 Å². The van der Waals surface area contributed by atoms with Gasteiger partial charge in [-0.1, -0.05) is 0 Å². The van der Waals surface area contributed by atoms with E-state index in [1.54, 1.807) is 29.8 Å². The number of carbonyl (C=O) groups is 1. The number of aromatic nitrogens is 3. The van der Waals surface area contributed by atoms with Crippen LogP contribution in [0.4, 0.5) is 16.5 Å². The van der Waals surface area contributed by atoms with E-state index in [9.17, 15) is 9.90 Å². The minimum absolute atomic E-state index is 0.0984. The predicted molar refractivity (Wildman–Crippen MR) is 156 cm³/mol. The van der Waals surface area contributed by atoms with E-state index >= 15 is 0 Å². The van der Waals surface area contributed by atoms with Gasteiger partial charge in [0.15, 0.2) is 5.13 Å². The van der Waals surface area contributed by atoms with E-state index in [1.807, 2.05) is 12.1 Å². The van der Waals surface area contributed by atoms with Gasteiger partial charge in [0.25, 0.3) is 0 Å². The van der Waals surface area contributed by atoms with E-state index in [0.717, 1.165) is 85.9 Å². The number of rotatable bonds is 8. The average Bonchev–Trinajstić information content (AvgIpc) is 3.89. The summed E-state index contributed by atoms with van der Waals surface area (Å²) in [6.07, 6.45) is 11.1. The second kappa shape index (κ2) is 10.7. The first kappa shape index (κ1) is 25.3. The molecule has 2 aromatic heterocycles. The predicted octanol–water partition coefficient (Wildman–Crippen LogP) is 5.53. The minimum atomic E-state index is -0.910. The summed E-state index contributed by atoms with van der Waals surface area (Å²) < 4.78 is 5.94. The van der Waals surface area contributed by atoms with E-state index in [4.69, 9.17) is 9.72 Å². The molecule has 4 heterocycles. The molecule has 0 radical (unpaired) electrons. The SMILES string of the molecule is O=C(O)c1cc(N2CCC3C[C@@H]3CC2)ccc1NC(=C1CC1)c1csc(N2CCC(Oc3ncccn3)CC2)n1. The first-order chi connectivity index (χ1) is 19.6. The molecule has 0 bridgehead atoms. The maximum absolute atomic E-state index is 12.3. The summed E-state index contributed by atoms with van der Waals surface area (Å²) in [6, 6.07) is 8.06. The molecule has 3 aromatic rings. The first-order valence-electron chi connectivity index (χ1n) is 14.4. The third kappa shape index (κ3) is 5.50. The lowest BCUT2D eigenvalue weighted by Crippen LogP contribution is -2.38. The number of benzene rings is 1. The number of carboxylic acid groups (broad SMARTS) is 1. The number of ether oxygens (including phenoxy) is 1. The molecule has 1 aromatic carbocycles. The molecular weight excluding hydrogens is 524 g/mol. The maximum Gasteiger partial charge on any atom is 0.337 e. The third-order valence-electron chi connectivity index (χ3n) is 8.60. The number of anilines is 3. The molecular formula is C30H34N6O3S. The number of hydrogen-bond donors (Lipinski definition) is 2. The number of carboxylic acids is 1. The highest BCUT2D eigenvalue weighted by atomic mass is 32.1. The highest BCUT2D eigenvalue weighted by molar-refractivity contribution is 7.13. The first-order valence-corrected chi connectivity index (χ1v) is 15.2. The highest BCUT2D eigenvalue weighted by Gasteiger charge is 2.38. The topological polar surface area (TPSA) is 104 Å². The molecule has 10 heteroatoms. The van der Waals surface area contributed by atoms with Gasteiger partial charge >= 0.3 is 12.0 Å². The smallest absolute Gasteiger partial charge is 0.337 e. The van der Waals surface area contributed by atoms with Gasteiger partial charge in [-0.3, -0.25) is 0 Å². The molecule has 4 aliphatic rings. The van der Waals surface area contributed by atoms with Crippen molar-refractivity contribution in [3.05, 3.63) is 58.9 Å². The number of thiazole rings is 1.